The first kappa shape index (κ1) is 11.9. The van der Waals surface area contributed by atoms with E-state index in [2.05, 4.69) is 29.4 Å². The molecule has 1 aromatic heterocycles. The van der Waals surface area contributed by atoms with Crippen LogP contribution in [0.15, 0.2) is 48.5 Å². The minimum Gasteiger partial charge on any atom is -0.324 e. The highest BCUT2D eigenvalue weighted by atomic mass is 15.4. The van der Waals surface area contributed by atoms with Crippen LogP contribution in [0.1, 0.15) is 24.9 Å². The van der Waals surface area contributed by atoms with E-state index in [4.69, 9.17) is 5.73 Å². The summed E-state index contributed by atoms with van der Waals surface area (Å²) in [4.78, 5) is 0. The zero-order chi connectivity index (χ0) is 13.2. The second-order valence-electron chi connectivity index (χ2n) is 4.60. The van der Waals surface area contributed by atoms with Crippen molar-refractivity contribution in [2.45, 2.75) is 19.4 Å². The molecule has 0 spiro atoms. The Morgan fingerprint density at radius 3 is 2.58 bits per heavy atom. The number of hydrogen-bond acceptors (Lipinski definition) is 3. The van der Waals surface area contributed by atoms with Gasteiger partial charge in [0, 0.05) is 6.04 Å². The minimum absolute atomic E-state index is 0.0986. The number of nitrogens with zero attached hydrogens (tertiary/aromatic N) is 3. The lowest BCUT2D eigenvalue weighted by atomic mass is 10.1. The van der Waals surface area contributed by atoms with Gasteiger partial charge >= 0.3 is 0 Å². The molecule has 0 unspecified atom stereocenters. The minimum atomic E-state index is 0.0986. The van der Waals surface area contributed by atoms with Gasteiger partial charge in [0.1, 0.15) is 5.52 Å². The topological polar surface area (TPSA) is 56.7 Å². The average Bonchev–Trinajstić information content (AvgIpc) is 2.90. The third kappa shape index (κ3) is 2.11. The van der Waals surface area contributed by atoms with Gasteiger partial charge in [0.25, 0.3) is 0 Å². The van der Waals surface area contributed by atoms with Crippen molar-refractivity contribution in [2.24, 2.45) is 5.73 Å². The molecule has 0 bridgehead atoms. The van der Waals surface area contributed by atoms with Crippen molar-refractivity contribution in [3.63, 3.8) is 0 Å². The molecule has 0 aliphatic carbocycles. The van der Waals surface area contributed by atoms with E-state index in [-0.39, 0.29) is 6.04 Å². The summed E-state index contributed by atoms with van der Waals surface area (Å²) in [6.45, 7) is 2.09. The fourth-order valence-corrected chi connectivity index (χ4v) is 2.16. The number of fused-ring (bicyclic) bond motifs is 1. The highest BCUT2D eigenvalue weighted by Crippen LogP contribution is 2.19. The Bertz CT molecular complexity index is 685. The van der Waals surface area contributed by atoms with Gasteiger partial charge in [-0.15, -0.1) is 5.10 Å². The molecule has 0 radical (unpaired) electrons. The molecule has 0 fully saturated rings. The third-order valence-corrected chi connectivity index (χ3v) is 3.36. The van der Waals surface area contributed by atoms with Crippen LogP contribution in [0.3, 0.4) is 0 Å². The Balaban J connectivity index is 2.02. The Morgan fingerprint density at radius 1 is 1.11 bits per heavy atom. The number of nitrogens with two attached hydrogens (primary N) is 1. The van der Waals surface area contributed by atoms with Crippen LogP contribution in [0.5, 0.6) is 0 Å². The lowest BCUT2D eigenvalue weighted by Gasteiger charge is -2.10. The molecule has 4 nitrogen and oxygen atoms in total. The Hall–Kier alpha value is -2.20. The summed E-state index contributed by atoms with van der Waals surface area (Å²) in [6.07, 6.45) is 0.936. The van der Waals surface area contributed by atoms with E-state index in [0.717, 1.165) is 28.7 Å². The van der Waals surface area contributed by atoms with Gasteiger partial charge in [-0.3, -0.25) is 0 Å². The molecule has 19 heavy (non-hydrogen) atoms. The maximum absolute atomic E-state index is 6.02. The fraction of sp³-hybridized carbons (Fsp3) is 0.200. The summed E-state index contributed by atoms with van der Waals surface area (Å²) in [5, 5.41) is 8.35. The molecule has 0 saturated carbocycles. The van der Waals surface area contributed by atoms with Crippen molar-refractivity contribution in [1.29, 1.82) is 0 Å². The Kier molecular flexibility index (Phi) is 3.01. The summed E-state index contributed by atoms with van der Waals surface area (Å²) in [6, 6.07) is 16.2. The molecule has 0 saturated heterocycles. The largest absolute Gasteiger partial charge is 0.324 e. The van der Waals surface area contributed by atoms with Crippen molar-refractivity contribution >= 4 is 11.0 Å². The van der Waals surface area contributed by atoms with E-state index in [1.807, 2.05) is 41.1 Å². The quantitative estimate of drug-likeness (QED) is 0.779. The van der Waals surface area contributed by atoms with Gasteiger partial charge < -0.3 is 5.73 Å². The van der Waals surface area contributed by atoms with Crippen LogP contribution in [0, 0.1) is 0 Å². The Morgan fingerprint density at radius 2 is 1.84 bits per heavy atom. The van der Waals surface area contributed by atoms with Gasteiger partial charge in [0.2, 0.25) is 0 Å². The lowest BCUT2D eigenvalue weighted by molar-refractivity contribution is 0.698. The van der Waals surface area contributed by atoms with Crippen molar-refractivity contribution in [1.82, 2.24) is 15.0 Å². The number of benzene rings is 2. The number of rotatable bonds is 3. The van der Waals surface area contributed by atoms with Crippen molar-refractivity contribution in [3.05, 3.63) is 54.1 Å². The van der Waals surface area contributed by atoms with Gasteiger partial charge in [0.05, 0.1) is 11.2 Å². The molecule has 2 aromatic carbocycles. The second-order valence-corrected chi connectivity index (χ2v) is 4.60. The molecule has 2 N–H and O–H groups in total. The van der Waals surface area contributed by atoms with Gasteiger partial charge in [-0.05, 0) is 36.2 Å². The normalized spacial score (nSPS) is 12.7. The number of aromatic nitrogens is 3. The maximum Gasteiger partial charge on any atom is 0.113 e. The molecule has 0 aliphatic heterocycles. The van der Waals surface area contributed by atoms with Crippen LogP contribution in [-0.2, 0) is 0 Å². The second kappa shape index (κ2) is 4.82. The summed E-state index contributed by atoms with van der Waals surface area (Å²) >= 11 is 0. The highest BCUT2D eigenvalue weighted by molar-refractivity contribution is 5.75. The fourth-order valence-electron chi connectivity index (χ4n) is 2.16. The molecule has 1 atom stereocenters. The van der Waals surface area contributed by atoms with Crippen LogP contribution in [0.2, 0.25) is 0 Å². The highest BCUT2D eigenvalue weighted by Gasteiger charge is 2.07. The van der Waals surface area contributed by atoms with E-state index >= 15 is 0 Å². The van der Waals surface area contributed by atoms with E-state index in [1.54, 1.807) is 0 Å². The molecule has 3 rings (SSSR count). The van der Waals surface area contributed by atoms with Gasteiger partial charge in [0.15, 0.2) is 0 Å². The number of para-hydroxylation sites is 1. The molecule has 0 aliphatic rings. The zero-order valence-corrected chi connectivity index (χ0v) is 10.8. The monoisotopic (exact) mass is 252 g/mol. The van der Waals surface area contributed by atoms with Crippen molar-refractivity contribution in [3.8, 4) is 5.69 Å². The first-order valence-electron chi connectivity index (χ1n) is 6.46. The first-order chi connectivity index (χ1) is 9.29. The predicted molar refractivity (Wildman–Crippen MR) is 76.1 cm³/mol. The zero-order valence-electron chi connectivity index (χ0n) is 10.8. The molecule has 1 heterocycles. The Labute approximate surface area is 111 Å². The molecular formula is C15H16N4. The van der Waals surface area contributed by atoms with E-state index < -0.39 is 0 Å². The molecule has 0 amide bonds. The van der Waals surface area contributed by atoms with Gasteiger partial charge in [-0.1, -0.05) is 36.4 Å². The average molecular weight is 252 g/mol. The number of hydrogen-bond donors (Lipinski definition) is 1. The summed E-state index contributed by atoms with van der Waals surface area (Å²) < 4.78 is 1.84. The van der Waals surface area contributed by atoms with E-state index in [9.17, 15) is 0 Å². The van der Waals surface area contributed by atoms with Crippen molar-refractivity contribution < 1.29 is 0 Å². The molecular weight excluding hydrogens is 236 g/mol. The third-order valence-electron chi connectivity index (χ3n) is 3.36. The molecule has 3 aromatic rings. The SMILES string of the molecule is CC[C@H](N)c1ccc(-n2nnc3ccccc32)cc1. The van der Waals surface area contributed by atoms with Crippen LogP contribution < -0.4 is 5.73 Å². The van der Waals surface area contributed by atoms with E-state index in [0.29, 0.717) is 0 Å². The smallest absolute Gasteiger partial charge is 0.113 e. The van der Waals surface area contributed by atoms with Crippen LogP contribution in [-0.4, -0.2) is 15.0 Å². The van der Waals surface area contributed by atoms with Gasteiger partial charge in [-0.25, -0.2) is 4.68 Å². The summed E-state index contributed by atoms with van der Waals surface area (Å²) in [7, 11) is 0. The van der Waals surface area contributed by atoms with E-state index in [1.165, 1.54) is 0 Å². The lowest BCUT2D eigenvalue weighted by Crippen LogP contribution is -2.08. The predicted octanol–water partition coefficient (Wildman–Crippen LogP) is 2.83. The van der Waals surface area contributed by atoms with Crippen LogP contribution >= 0.6 is 0 Å². The van der Waals surface area contributed by atoms with Gasteiger partial charge in [-0.2, -0.15) is 0 Å². The standard InChI is InChI=1S/C15H16N4/c1-2-13(16)11-7-9-12(10-8-11)19-15-6-4-3-5-14(15)17-18-19/h3-10,13H,2,16H2,1H3/t13-/m0/s1. The summed E-state index contributed by atoms with van der Waals surface area (Å²) in [5.74, 6) is 0. The maximum atomic E-state index is 6.02. The van der Waals surface area contributed by atoms with Crippen molar-refractivity contribution in [2.75, 3.05) is 0 Å². The summed E-state index contributed by atoms with van der Waals surface area (Å²) in [5.41, 5.74) is 10.1. The van der Waals surface area contributed by atoms with Crippen LogP contribution in [0.25, 0.3) is 16.7 Å². The molecule has 96 valence electrons. The van der Waals surface area contributed by atoms with Crippen LogP contribution in [0.4, 0.5) is 0 Å². The first-order valence-corrected chi connectivity index (χ1v) is 6.46. The molecule has 4 heteroatoms.